The average Bonchev–Trinajstić information content (AvgIpc) is 3.16. The van der Waals surface area contributed by atoms with Gasteiger partial charge in [0.25, 0.3) is 0 Å². The molecule has 11 heteroatoms. The minimum Gasteiger partial charge on any atom is -0.497 e. The molecule has 206 valence electrons. The number of hydrogen-bond acceptors (Lipinski definition) is 10. The lowest BCUT2D eigenvalue weighted by Crippen LogP contribution is -2.49. The zero-order chi connectivity index (χ0) is 28.3. The van der Waals surface area contributed by atoms with Gasteiger partial charge in [0.1, 0.15) is 17.1 Å². The van der Waals surface area contributed by atoms with Gasteiger partial charge in [-0.3, -0.25) is 9.59 Å². The number of ether oxygens (including phenoxy) is 6. The van der Waals surface area contributed by atoms with Crippen molar-refractivity contribution in [3.63, 3.8) is 0 Å². The molecule has 0 unspecified atom stereocenters. The monoisotopic (exact) mass is 531 g/mol. The van der Waals surface area contributed by atoms with Crippen LogP contribution in [0.4, 0.5) is 4.79 Å². The molecule has 1 aromatic carbocycles. The summed E-state index contributed by atoms with van der Waals surface area (Å²) in [5, 5.41) is 0.307. The molecule has 0 bridgehead atoms. The van der Waals surface area contributed by atoms with Gasteiger partial charge in [-0.25, -0.2) is 14.2 Å². The van der Waals surface area contributed by atoms with Gasteiger partial charge in [-0.1, -0.05) is 0 Å². The fraction of sp³-hybridized carbons (Fsp3) is 0.481. The van der Waals surface area contributed by atoms with Crippen LogP contribution in [-0.2, 0) is 38.7 Å². The van der Waals surface area contributed by atoms with Gasteiger partial charge in [0.05, 0.1) is 44.1 Å². The molecule has 0 saturated carbocycles. The Labute approximate surface area is 220 Å². The van der Waals surface area contributed by atoms with Crippen LogP contribution in [0.3, 0.4) is 0 Å². The van der Waals surface area contributed by atoms with Gasteiger partial charge in [-0.2, -0.15) is 0 Å². The number of fused-ring (bicyclic) bond motifs is 3. The standard InChI is InChI=1S/C27H33NO10/c1-8-34-20(29)14-17-15-27(23(30)35-9-2,24(31)36-10-3)21-18-13-16(33-7)11-12-19(18)28(22(21)37-17)25(32)38-26(4,5)6/h11-14H,8-10,15H2,1-7H3/b17-14-. The van der Waals surface area contributed by atoms with Gasteiger partial charge in [0, 0.05) is 11.8 Å². The molecule has 0 amide bonds. The van der Waals surface area contributed by atoms with Crippen molar-refractivity contribution in [2.45, 2.75) is 59.0 Å². The van der Waals surface area contributed by atoms with Crippen molar-refractivity contribution in [3.05, 3.63) is 35.6 Å². The summed E-state index contributed by atoms with van der Waals surface area (Å²) in [6.07, 6.45) is -0.216. The minimum absolute atomic E-state index is 0.0372. The molecule has 38 heavy (non-hydrogen) atoms. The lowest BCUT2D eigenvalue weighted by molar-refractivity contribution is -0.166. The summed E-state index contributed by atoms with van der Waals surface area (Å²) in [6.45, 7) is 9.92. The molecule has 1 aliphatic rings. The Morgan fingerprint density at radius 2 is 1.61 bits per heavy atom. The summed E-state index contributed by atoms with van der Waals surface area (Å²) in [7, 11) is 1.46. The van der Waals surface area contributed by atoms with Crippen molar-refractivity contribution in [2.75, 3.05) is 26.9 Å². The van der Waals surface area contributed by atoms with Gasteiger partial charge < -0.3 is 28.4 Å². The first kappa shape index (κ1) is 28.5. The molecule has 0 N–H and O–H groups in total. The predicted octanol–water partition coefficient (Wildman–Crippen LogP) is 4.03. The Bertz CT molecular complexity index is 1260. The molecule has 11 nitrogen and oxygen atoms in total. The number of esters is 3. The van der Waals surface area contributed by atoms with Crippen molar-refractivity contribution in [1.29, 1.82) is 0 Å². The zero-order valence-electron chi connectivity index (χ0n) is 22.7. The lowest BCUT2D eigenvalue weighted by atomic mass is 9.75. The number of allylic oxidation sites excluding steroid dienone is 1. The molecule has 1 aliphatic heterocycles. The van der Waals surface area contributed by atoms with E-state index in [2.05, 4.69) is 0 Å². The van der Waals surface area contributed by atoms with Crippen LogP contribution in [-0.4, -0.2) is 61.1 Å². The highest BCUT2D eigenvalue weighted by Crippen LogP contribution is 2.50. The van der Waals surface area contributed by atoms with Crippen LogP contribution < -0.4 is 9.47 Å². The SMILES string of the molecule is CCOC(=O)/C=C1/CC(C(=O)OCC)(C(=O)OCC)c2c(n(C(=O)OC(C)(C)C)c3ccc(OC)cc23)O1. The number of rotatable bonds is 7. The smallest absolute Gasteiger partial charge is 0.421 e. The number of hydrogen-bond donors (Lipinski definition) is 0. The summed E-state index contributed by atoms with van der Waals surface area (Å²) in [5.41, 5.74) is -2.68. The average molecular weight is 532 g/mol. The number of nitrogens with zero attached hydrogens (tertiary/aromatic N) is 1. The minimum atomic E-state index is -2.12. The maximum Gasteiger partial charge on any atom is 0.421 e. The van der Waals surface area contributed by atoms with Crippen molar-refractivity contribution in [1.82, 2.24) is 4.57 Å². The fourth-order valence-electron chi connectivity index (χ4n) is 4.22. The van der Waals surface area contributed by atoms with Gasteiger partial charge >= 0.3 is 24.0 Å². The number of benzene rings is 1. The number of aromatic nitrogens is 1. The van der Waals surface area contributed by atoms with Gasteiger partial charge in [-0.05, 0) is 59.7 Å². The highest BCUT2D eigenvalue weighted by atomic mass is 16.6. The Morgan fingerprint density at radius 1 is 1.00 bits per heavy atom. The van der Waals surface area contributed by atoms with E-state index in [0.29, 0.717) is 11.1 Å². The van der Waals surface area contributed by atoms with Crippen LogP contribution in [0.2, 0.25) is 0 Å². The van der Waals surface area contributed by atoms with Crippen LogP contribution >= 0.6 is 0 Å². The second-order valence-electron chi connectivity index (χ2n) is 9.37. The van der Waals surface area contributed by atoms with Crippen LogP contribution in [0.1, 0.15) is 53.5 Å². The van der Waals surface area contributed by atoms with Gasteiger partial charge in [0.2, 0.25) is 11.3 Å². The third-order valence-corrected chi connectivity index (χ3v) is 5.61. The number of carbonyl (C=O) groups excluding carboxylic acids is 4. The van der Waals surface area contributed by atoms with Crippen molar-refractivity contribution in [2.24, 2.45) is 0 Å². The normalized spacial score (nSPS) is 15.3. The number of methoxy groups -OCH3 is 1. The molecule has 0 saturated heterocycles. The van der Waals surface area contributed by atoms with Crippen molar-refractivity contribution >= 4 is 34.9 Å². The fourth-order valence-corrected chi connectivity index (χ4v) is 4.22. The maximum atomic E-state index is 13.7. The molecule has 0 spiro atoms. The van der Waals surface area contributed by atoms with E-state index in [1.165, 1.54) is 7.11 Å². The Morgan fingerprint density at radius 3 is 2.13 bits per heavy atom. The largest absolute Gasteiger partial charge is 0.497 e. The Hall–Kier alpha value is -4.02. The quantitative estimate of drug-likeness (QED) is 0.223. The molecule has 3 rings (SSSR count). The van der Waals surface area contributed by atoms with E-state index in [9.17, 15) is 19.2 Å². The molecular weight excluding hydrogens is 498 g/mol. The molecule has 0 atom stereocenters. The zero-order valence-corrected chi connectivity index (χ0v) is 22.7. The summed E-state index contributed by atoms with van der Waals surface area (Å²) >= 11 is 0. The summed E-state index contributed by atoms with van der Waals surface area (Å²) < 4.78 is 33.9. The summed E-state index contributed by atoms with van der Waals surface area (Å²) in [6, 6.07) is 4.77. The van der Waals surface area contributed by atoms with Crippen molar-refractivity contribution in [3.8, 4) is 11.6 Å². The third kappa shape index (κ3) is 5.32. The molecule has 0 fully saturated rings. The Balaban J connectivity index is 2.48. The second-order valence-corrected chi connectivity index (χ2v) is 9.37. The van der Waals surface area contributed by atoms with Gasteiger partial charge in [0.15, 0.2) is 0 Å². The van der Waals surface area contributed by atoms with E-state index in [4.69, 9.17) is 28.4 Å². The first-order valence-electron chi connectivity index (χ1n) is 12.3. The van der Waals surface area contributed by atoms with Crippen LogP contribution in [0.5, 0.6) is 11.6 Å². The first-order valence-corrected chi connectivity index (χ1v) is 12.3. The van der Waals surface area contributed by atoms with Crippen molar-refractivity contribution < 1.29 is 47.6 Å². The number of carbonyl (C=O) groups is 4. The highest BCUT2D eigenvalue weighted by Gasteiger charge is 2.58. The molecule has 2 heterocycles. The molecule has 2 aromatic rings. The summed E-state index contributed by atoms with van der Waals surface area (Å²) in [4.78, 5) is 53.2. The molecule has 0 aliphatic carbocycles. The van der Waals surface area contributed by atoms with E-state index in [-0.39, 0.29) is 42.5 Å². The third-order valence-electron chi connectivity index (χ3n) is 5.61. The van der Waals surface area contributed by atoms with E-state index in [1.807, 2.05) is 0 Å². The van der Waals surface area contributed by atoms with Crippen LogP contribution in [0.15, 0.2) is 30.0 Å². The van der Waals surface area contributed by atoms with Crippen LogP contribution in [0, 0.1) is 0 Å². The second kappa shape index (κ2) is 11.2. The Kier molecular flexibility index (Phi) is 8.38. The first-order chi connectivity index (χ1) is 17.9. The van der Waals surface area contributed by atoms with E-state index < -0.39 is 41.4 Å². The highest BCUT2D eigenvalue weighted by molar-refractivity contribution is 6.13. The molecular formula is C27H33NO10. The maximum absolute atomic E-state index is 13.7. The lowest BCUT2D eigenvalue weighted by Gasteiger charge is -2.34. The van der Waals surface area contributed by atoms with E-state index >= 15 is 0 Å². The van der Waals surface area contributed by atoms with Crippen LogP contribution in [0.25, 0.3) is 10.9 Å². The molecule has 0 radical (unpaired) electrons. The molecule has 1 aromatic heterocycles. The van der Waals surface area contributed by atoms with Gasteiger partial charge in [-0.15, -0.1) is 0 Å². The summed E-state index contributed by atoms with van der Waals surface area (Å²) in [5.74, 6) is -2.50. The van der Waals surface area contributed by atoms with E-state index in [1.54, 1.807) is 59.7 Å². The van der Waals surface area contributed by atoms with E-state index in [0.717, 1.165) is 10.6 Å². The topological polar surface area (TPSA) is 129 Å². The predicted molar refractivity (Wildman–Crippen MR) is 135 cm³/mol.